The molecule has 3 aliphatic rings. The van der Waals surface area contributed by atoms with Crippen molar-refractivity contribution >= 4 is 11.9 Å². The number of alkyl halides is 1. The summed E-state index contributed by atoms with van der Waals surface area (Å²) < 4.78 is 18.0. The van der Waals surface area contributed by atoms with Crippen LogP contribution in [0.3, 0.4) is 0 Å². The van der Waals surface area contributed by atoms with Crippen LogP contribution in [0.1, 0.15) is 12.8 Å². The smallest absolute Gasteiger partial charge is 0.313 e. The Labute approximate surface area is 74.4 Å². The predicted molar refractivity (Wildman–Crippen MR) is 40.5 cm³/mol. The van der Waals surface area contributed by atoms with Crippen LogP contribution in [-0.4, -0.2) is 31.2 Å². The van der Waals surface area contributed by atoms with Gasteiger partial charge < -0.3 is 10.1 Å². The van der Waals surface area contributed by atoms with E-state index >= 15 is 0 Å². The maximum Gasteiger partial charge on any atom is 0.313 e. The predicted octanol–water partition coefficient (Wildman–Crippen LogP) is -0.222. The van der Waals surface area contributed by atoms with E-state index in [1.807, 2.05) is 0 Å². The van der Waals surface area contributed by atoms with Crippen LogP contribution >= 0.6 is 0 Å². The van der Waals surface area contributed by atoms with Gasteiger partial charge in [0, 0.05) is 19.4 Å². The van der Waals surface area contributed by atoms with Gasteiger partial charge in [0.15, 0.2) is 5.67 Å². The summed E-state index contributed by atoms with van der Waals surface area (Å²) in [5, 5.41) is 2.36. The van der Waals surface area contributed by atoms with Crippen molar-refractivity contribution in [2.45, 2.75) is 18.5 Å². The SMILES string of the molecule is COC(=O)C12CNC(=O)C(F)(C1)C2. The number of carbonyl (C=O) groups is 2. The lowest BCUT2D eigenvalue weighted by Crippen LogP contribution is -2.70. The maximum atomic E-state index is 13.5. The Morgan fingerprint density at radius 3 is 2.69 bits per heavy atom. The molecule has 0 aromatic heterocycles. The van der Waals surface area contributed by atoms with Gasteiger partial charge in [-0.15, -0.1) is 0 Å². The Morgan fingerprint density at radius 2 is 2.23 bits per heavy atom. The number of halogens is 1. The number of hydrogen-bond donors (Lipinski definition) is 1. The van der Waals surface area contributed by atoms with E-state index in [2.05, 4.69) is 10.1 Å². The molecule has 0 spiro atoms. The van der Waals surface area contributed by atoms with Crippen LogP contribution in [0.4, 0.5) is 4.39 Å². The van der Waals surface area contributed by atoms with Crippen LogP contribution in [0.5, 0.6) is 0 Å². The van der Waals surface area contributed by atoms with E-state index in [1.165, 1.54) is 7.11 Å². The molecule has 1 aliphatic carbocycles. The highest BCUT2D eigenvalue weighted by Gasteiger charge is 2.67. The van der Waals surface area contributed by atoms with E-state index in [1.54, 1.807) is 0 Å². The number of hydrogen-bond acceptors (Lipinski definition) is 3. The standard InChI is InChI=1S/C8H10FNO3/c1-13-6(12)7-2-8(9,3-7)5(11)10-4-7/h2-4H2,1H3,(H,10,11). The molecular weight excluding hydrogens is 177 g/mol. The quantitative estimate of drug-likeness (QED) is 0.577. The van der Waals surface area contributed by atoms with Crippen molar-refractivity contribution in [1.82, 2.24) is 5.32 Å². The highest BCUT2D eigenvalue weighted by atomic mass is 19.1. The molecule has 3 fully saturated rings. The van der Waals surface area contributed by atoms with Gasteiger partial charge in [-0.3, -0.25) is 9.59 Å². The van der Waals surface area contributed by atoms with E-state index < -0.39 is 23.0 Å². The minimum absolute atomic E-state index is 0.0293. The second kappa shape index (κ2) is 2.21. The number of nitrogens with one attached hydrogen (secondary N) is 1. The largest absolute Gasteiger partial charge is 0.469 e. The fourth-order valence-electron chi connectivity index (χ4n) is 2.15. The zero-order valence-electron chi connectivity index (χ0n) is 7.22. The monoisotopic (exact) mass is 187 g/mol. The molecule has 13 heavy (non-hydrogen) atoms. The van der Waals surface area contributed by atoms with Gasteiger partial charge >= 0.3 is 5.97 Å². The van der Waals surface area contributed by atoms with Gasteiger partial charge in [0.05, 0.1) is 12.5 Å². The van der Waals surface area contributed by atoms with Gasteiger partial charge in [0.25, 0.3) is 5.91 Å². The number of carbonyl (C=O) groups excluding carboxylic acids is 2. The van der Waals surface area contributed by atoms with Crippen molar-refractivity contribution in [2.75, 3.05) is 13.7 Å². The molecule has 0 aromatic carbocycles. The zero-order valence-corrected chi connectivity index (χ0v) is 7.22. The third-order valence-electron chi connectivity index (χ3n) is 2.85. The Bertz CT molecular complexity index is 283. The molecule has 0 unspecified atom stereocenters. The number of esters is 1. The second-order valence-corrected chi connectivity index (χ2v) is 3.77. The van der Waals surface area contributed by atoms with Crippen LogP contribution in [0.25, 0.3) is 0 Å². The van der Waals surface area contributed by atoms with Crippen LogP contribution in [0.2, 0.25) is 0 Å². The molecule has 1 saturated carbocycles. The Balaban J connectivity index is 2.18. The van der Waals surface area contributed by atoms with E-state index in [4.69, 9.17) is 0 Å². The number of fused-ring (bicyclic) bond motifs is 2. The molecule has 1 N–H and O–H groups in total. The molecule has 3 rings (SSSR count). The maximum absolute atomic E-state index is 13.5. The van der Waals surface area contributed by atoms with Gasteiger partial charge in [-0.05, 0) is 0 Å². The average Bonchev–Trinajstić information content (AvgIpc) is 2.06. The summed E-state index contributed by atoms with van der Waals surface area (Å²) in [5.41, 5.74) is -2.62. The molecule has 2 bridgehead atoms. The summed E-state index contributed by atoms with van der Waals surface area (Å²) in [6.07, 6.45) is -0.0585. The first-order valence-electron chi connectivity index (χ1n) is 4.08. The zero-order chi connectivity index (χ0) is 9.69. The van der Waals surface area contributed by atoms with E-state index in [-0.39, 0.29) is 19.4 Å². The fourth-order valence-corrected chi connectivity index (χ4v) is 2.15. The molecule has 2 aliphatic heterocycles. The van der Waals surface area contributed by atoms with Crippen molar-refractivity contribution < 1.29 is 18.7 Å². The minimum atomic E-state index is -1.83. The first kappa shape index (κ1) is 8.47. The van der Waals surface area contributed by atoms with Gasteiger partial charge in [0.2, 0.25) is 0 Å². The summed E-state index contributed by atoms with van der Waals surface area (Å²) in [7, 11) is 1.27. The summed E-state index contributed by atoms with van der Waals surface area (Å²) in [5.74, 6) is -1.03. The van der Waals surface area contributed by atoms with Crippen molar-refractivity contribution in [1.29, 1.82) is 0 Å². The fraction of sp³-hybridized carbons (Fsp3) is 0.750. The third kappa shape index (κ3) is 0.897. The average molecular weight is 187 g/mol. The number of methoxy groups -OCH3 is 1. The first-order valence-corrected chi connectivity index (χ1v) is 4.08. The van der Waals surface area contributed by atoms with Crippen molar-refractivity contribution in [3.05, 3.63) is 0 Å². The van der Waals surface area contributed by atoms with Gasteiger partial charge in [-0.2, -0.15) is 0 Å². The molecular formula is C8H10FNO3. The highest BCUT2D eigenvalue weighted by molar-refractivity contribution is 5.94. The van der Waals surface area contributed by atoms with Gasteiger partial charge in [-0.1, -0.05) is 0 Å². The van der Waals surface area contributed by atoms with Crippen LogP contribution in [0, 0.1) is 5.41 Å². The summed E-state index contributed by atoms with van der Waals surface area (Å²) in [6, 6.07) is 0. The second-order valence-electron chi connectivity index (χ2n) is 3.77. The summed E-state index contributed by atoms with van der Waals surface area (Å²) >= 11 is 0. The molecule has 4 nitrogen and oxygen atoms in total. The Kier molecular flexibility index (Phi) is 1.44. The highest BCUT2D eigenvalue weighted by Crippen LogP contribution is 2.54. The molecule has 1 amide bonds. The third-order valence-corrected chi connectivity index (χ3v) is 2.85. The van der Waals surface area contributed by atoms with E-state index in [9.17, 15) is 14.0 Å². The molecule has 2 heterocycles. The lowest BCUT2D eigenvalue weighted by molar-refractivity contribution is -0.185. The lowest BCUT2D eigenvalue weighted by atomic mass is 9.57. The number of amides is 1. The number of ether oxygens (including phenoxy) is 1. The lowest BCUT2D eigenvalue weighted by Gasteiger charge is -2.52. The normalized spacial score (nSPS) is 41.8. The van der Waals surface area contributed by atoms with Crippen molar-refractivity contribution in [3.8, 4) is 0 Å². The van der Waals surface area contributed by atoms with Gasteiger partial charge in [0.1, 0.15) is 0 Å². The van der Waals surface area contributed by atoms with E-state index in [0.717, 1.165) is 0 Å². The summed E-state index contributed by atoms with van der Waals surface area (Å²) in [6.45, 7) is 0.199. The van der Waals surface area contributed by atoms with Crippen molar-refractivity contribution in [3.63, 3.8) is 0 Å². The minimum Gasteiger partial charge on any atom is -0.469 e. The van der Waals surface area contributed by atoms with Crippen molar-refractivity contribution in [2.24, 2.45) is 5.41 Å². The molecule has 2 saturated heterocycles. The summed E-state index contributed by atoms with van der Waals surface area (Å²) in [4.78, 5) is 22.2. The van der Waals surface area contributed by atoms with Crippen LogP contribution < -0.4 is 5.32 Å². The Hall–Kier alpha value is -1.13. The van der Waals surface area contributed by atoms with Crippen LogP contribution in [0.15, 0.2) is 0 Å². The topological polar surface area (TPSA) is 55.4 Å². The number of rotatable bonds is 1. The molecule has 72 valence electrons. The number of piperidine rings is 2. The molecule has 0 radical (unpaired) electrons. The Morgan fingerprint density at radius 1 is 1.62 bits per heavy atom. The molecule has 5 heteroatoms. The molecule has 0 atom stereocenters. The van der Waals surface area contributed by atoms with E-state index in [0.29, 0.717) is 0 Å². The first-order chi connectivity index (χ1) is 6.02. The van der Waals surface area contributed by atoms with Gasteiger partial charge in [-0.25, -0.2) is 4.39 Å². The molecule has 0 aromatic rings. The van der Waals surface area contributed by atoms with Crippen LogP contribution in [-0.2, 0) is 14.3 Å².